The summed E-state index contributed by atoms with van der Waals surface area (Å²) < 4.78 is 1.56. The normalized spacial score (nSPS) is 11.1. The number of hydrogen-bond donors (Lipinski definition) is 1. The molecule has 2 aromatic carbocycles. The predicted octanol–water partition coefficient (Wildman–Crippen LogP) is 4.01. The second-order valence-electron chi connectivity index (χ2n) is 6.07. The number of anilines is 1. The van der Waals surface area contributed by atoms with E-state index in [9.17, 15) is 4.79 Å². The lowest BCUT2D eigenvalue weighted by molar-refractivity contribution is -0.111. The first-order chi connectivity index (χ1) is 14.2. The molecule has 0 fully saturated rings. The third-order valence-corrected chi connectivity index (χ3v) is 5.32. The number of aromatic nitrogens is 5. The first-order valence-corrected chi connectivity index (χ1v) is 9.87. The van der Waals surface area contributed by atoms with E-state index in [0.29, 0.717) is 11.6 Å². The molecule has 1 amide bonds. The predicted molar refractivity (Wildman–Crippen MR) is 113 cm³/mol. The maximum Gasteiger partial charge on any atom is 0.250 e. The van der Waals surface area contributed by atoms with Gasteiger partial charge < -0.3 is 0 Å². The molecule has 0 saturated heterocycles. The fourth-order valence-corrected chi connectivity index (χ4v) is 3.65. The molecule has 0 unspecified atom stereocenters. The molecule has 9 heteroatoms. The Kier molecular flexibility index (Phi) is 5.73. The van der Waals surface area contributed by atoms with E-state index in [4.69, 9.17) is 11.6 Å². The van der Waals surface area contributed by atoms with Crippen LogP contribution in [0.1, 0.15) is 16.0 Å². The number of tetrazole rings is 1. The number of nitrogens with one attached hydrogen (secondary N) is 1. The van der Waals surface area contributed by atoms with E-state index < -0.39 is 0 Å². The molecule has 0 aliphatic heterocycles. The van der Waals surface area contributed by atoms with E-state index in [0.717, 1.165) is 26.7 Å². The Morgan fingerprint density at radius 3 is 2.76 bits per heavy atom. The van der Waals surface area contributed by atoms with Gasteiger partial charge in [-0.05, 0) is 45.8 Å². The lowest BCUT2D eigenvalue weighted by atomic mass is 10.1. The molecule has 4 aromatic rings. The van der Waals surface area contributed by atoms with Gasteiger partial charge in [0.1, 0.15) is 6.33 Å². The molecule has 0 saturated carbocycles. The molecule has 0 bridgehead atoms. The quantitative estimate of drug-likeness (QED) is 0.474. The summed E-state index contributed by atoms with van der Waals surface area (Å²) in [6, 6.07) is 15.2. The zero-order valence-corrected chi connectivity index (χ0v) is 16.6. The molecule has 0 spiro atoms. The molecule has 144 valence electrons. The number of benzene rings is 2. The van der Waals surface area contributed by atoms with Crippen molar-refractivity contribution in [1.82, 2.24) is 25.2 Å². The van der Waals surface area contributed by atoms with E-state index in [1.165, 1.54) is 23.7 Å². The lowest BCUT2D eigenvalue weighted by Crippen LogP contribution is -2.07. The van der Waals surface area contributed by atoms with Gasteiger partial charge in [0.05, 0.1) is 5.69 Å². The molecule has 7 nitrogen and oxygen atoms in total. The van der Waals surface area contributed by atoms with Gasteiger partial charge in [0.2, 0.25) is 5.91 Å². The van der Waals surface area contributed by atoms with Crippen LogP contribution in [0.2, 0.25) is 5.02 Å². The lowest BCUT2D eigenvalue weighted by Gasteiger charge is -2.01. The van der Waals surface area contributed by atoms with Gasteiger partial charge in [-0.2, -0.15) is 0 Å². The van der Waals surface area contributed by atoms with Crippen LogP contribution in [0.25, 0.3) is 11.8 Å². The molecule has 0 radical (unpaired) electrons. The van der Waals surface area contributed by atoms with Crippen molar-refractivity contribution in [2.45, 2.75) is 6.42 Å². The zero-order valence-electron chi connectivity index (χ0n) is 15.1. The Morgan fingerprint density at radius 2 is 2.00 bits per heavy atom. The standard InChI is InChI=1S/C20H15ClN6OS/c21-18-4-2-1-3-15(18)11-17-12-22-20(29-17)24-19(28)10-7-14-5-8-16(9-6-14)27-13-23-25-26-27/h1-10,12-13H,11H2,(H,22,24,28)/b10-7+. The Bertz CT molecular complexity index is 1140. The van der Waals surface area contributed by atoms with E-state index in [1.54, 1.807) is 17.0 Å². The van der Waals surface area contributed by atoms with Crippen LogP contribution in [0.3, 0.4) is 0 Å². The number of hydrogen-bond acceptors (Lipinski definition) is 6. The number of carbonyl (C=O) groups is 1. The third kappa shape index (κ3) is 4.92. The van der Waals surface area contributed by atoms with Crippen molar-refractivity contribution in [3.8, 4) is 5.69 Å². The summed E-state index contributed by atoms with van der Waals surface area (Å²) in [4.78, 5) is 17.5. The van der Waals surface area contributed by atoms with Crippen LogP contribution in [0.5, 0.6) is 0 Å². The van der Waals surface area contributed by atoms with Crippen molar-refractivity contribution in [2.24, 2.45) is 0 Å². The first-order valence-electron chi connectivity index (χ1n) is 8.68. The van der Waals surface area contributed by atoms with Crippen molar-refractivity contribution >= 4 is 40.1 Å². The second-order valence-corrected chi connectivity index (χ2v) is 7.59. The largest absolute Gasteiger partial charge is 0.298 e. The van der Waals surface area contributed by atoms with Crippen LogP contribution < -0.4 is 5.32 Å². The highest BCUT2D eigenvalue weighted by atomic mass is 35.5. The summed E-state index contributed by atoms with van der Waals surface area (Å²) in [5.41, 5.74) is 2.75. The van der Waals surface area contributed by atoms with Gasteiger partial charge in [0, 0.05) is 28.6 Å². The van der Waals surface area contributed by atoms with Crippen LogP contribution >= 0.6 is 22.9 Å². The summed E-state index contributed by atoms with van der Waals surface area (Å²) in [7, 11) is 0. The number of halogens is 1. The molecule has 4 rings (SSSR count). The van der Waals surface area contributed by atoms with Crippen LogP contribution in [0.15, 0.2) is 67.1 Å². The fraction of sp³-hybridized carbons (Fsp3) is 0.0500. The van der Waals surface area contributed by atoms with E-state index in [2.05, 4.69) is 25.8 Å². The molecule has 0 atom stereocenters. The first kappa shape index (κ1) is 19.0. The third-order valence-electron chi connectivity index (χ3n) is 4.04. The topological polar surface area (TPSA) is 85.6 Å². The average molecular weight is 423 g/mol. The van der Waals surface area contributed by atoms with E-state index >= 15 is 0 Å². The van der Waals surface area contributed by atoms with Gasteiger partial charge in [-0.3, -0.25) is 10.1 Å². The highest BCUT2D eigenvalue weighted by molar-refractivity contribution is 7.15. The van der Waals surface area contributed by atoms with Crippen molar-refractivity contribution < 1.29 is 4.79 Å². The Balaban J connectivity index is 1.35. The molecule has 29 heavy (non-hydrogen) atoms. The molecule has 0 aliphatic rings. The van der Waals surface area contributed by atoms with Gasteiger partial charge in [-0.25, -0.2) is 9.67 Å². The molecular weight excluding hydrogens is 408 g/mol. The van der Waals surface area contributed by atoms with Crippen molar-refractivity contribution in [2.75, 3.05) is 5.32 Å². The summed E-state index contributed by atoms with van der Waals surface area (Å²) >= 11 is 7.63. The number of amides is 1. The second kappa shape index (κ2) is 8.76. The van der Waals surface area contributed by atoms with Crippen molar-refractivity contribution in [3.05, 3.63) is 88.2 Å². The summed E-state index contributed by atoms with van der Waals surface area (Å²) in [6.45, 7) is 0. The van der Waals surface area contributed by atoms with Crippen molar-refractivity contribution in [1.29, 1.82) is 0 Å². The number of nitrogens with zero attached hydrogens (tertiary/aromatic N) is 5. The minimum Gasteiger partial charge on any atom is -0.298 e. The highest BCUT2D eigenvalue weighted by Gasteiger charge is 2.07. The molecule has 1 N–H and O–H groups in total. The smallest absolute Gasteiger partial charge is 0.250 e. The minimum absolute atomic E-state index is 0.242. The zero-order chi connectivity index (χ0) is 20.1. The van der Waals surface area contributed by atoms with Gasteiger partial charge in [-0.15, -0.1) is 16.4 Å². The Labute approximate surface area is 175 Å². The molecular formula is C20H15ClN6OS. The van der Waals surface area contributed by atoms with Crippen LogP contribution in [0.4, 0.5) is 5.13 Å². The van der Waals surface area contributed by atoms with Crippen LogP contribution in [-0.2, 0) is 11.2 Å². The molecule has 2 aromatic heterocycles. The Hall–Kier alpha value is -3.36. The van der Waals surface area contributed by atoms with E-state index in [-0.39, 0.29) is 5.91 Å². The van der Waals surface area contributed by atoms with Crippen LogP contribution in [0, 0.1) is 0 Å². The fourth-order valence-electron chi connectivity index (χ4n) is 2.61. The molecule has 0 aliphatic carbocycles. The average Bonchev–Trinajstić information content (AvgIpc) is 3.41. The van der Waals surface area contributed by atoms with Gasteiger partial charge in [0.25, 0.3) is 0 Å². The van der Waals surface area contributed by atoms with E-state index in [1.807, 2.05) is 48.5 Å². The molecule has 2 heterocycles. The number of rotatable bonds is 6. The number of carbonyl (C=O) groups excluding carboxylic acids is 1. The summed E-state index contributed by atoms with van der Waals surface area (Å²) in [5.74, 6) is -0.242. The summed E-state index contributed by atoms with van der Waals surface area (Å²) in [6.07, 6.45) is 7.16. The van der Waals surface area contributed by atoms with Crippen molar-refractivity contribution in [3.63, 3.8) is 0 Å². The monoisotopic (exact) mass is 422 g/mol. The highest BCUT2D eigenvalue weighted by Crippen LogP contribution is 2.24. The maximum absolute atomic E-state index is 12.2. The number of thiazole rings is 1. The summed E-state index contributed by atoms with van der Waals surface area (Å²) in [5, 5.41) is 15.1. The van der Waals surface area contributed by atoms with Gasteiger partial charge in [-0.1, -0.05) is 41.9 Å². The van der Waals surface area contributed by atoms with Crippen LogP contribution in [-0.4, -0.2) is 31.1 Å². The SMILES string of the molecule is O=C(/C=C/c1ccc(-n2cnnn2)cc1)Nc1ncc(Cc2ccccc2Cl)s1. The van der Waals surface area contributed by atoms with Gasteiger partial charge in [0.15, 0.2) is 5.13 Å². The maximum atomic E-state index is 12.2. The van der Waals surface area contributed by atoms with Gasteiger partial charge >= 0.3 is 0 Å². The minimum atomic E-state index is -0.242. The Morgan fingerprint density at radius 1 is 1.17 bits per heavy atom.